The average Bonchev–Trinajstić information content (AvgIpc) is 2.90. The highest BCUT2D eigenvalue weighted by molar-refractivity contribution is 14.1. The van der Waals surface area contributed by atoms with Crippen LogP contribution in [0.5, 0.6) is 0 Å². The van der Waals surface area contributed by atoms with Crippen LogP contribution in [0.4, 0.5) is 0 Å². The maximum atomic E-state index is 2.53. The van der Waals surface area contributed by atoms with Crippen molar-refractivity contribution in [2.45, 2.75) is 57.8 Å². The monoisotopic (exact) mass is 452 g/mol. The predicted octanol–water partition coefficient (Wildman–Crippen LogP) is 5.84. The molecule has 0 N–H and O–H groups in total. The van der Waals surface area contributed by atoms with Crippen molar-refractivity contribution in [2.75, 3.05) is 0 Å². The van der Waals surface area contributed by atoms with Gasteiger partial charge in [0.25, 0.3) is 0 Å². The first kappa shape index (κ1) is 16.8. The van der Waals surface area contributed by atoms with Crippen LogP contribution in [-0.4, -0.2) is 0 Å². The number of halogens is 1. The van der Waals surface area contributed by atoms with Gasteiger partial charge in [0.1, 0.15) is 0 Å². The Bertz CT molecular complexity index is 1070. The second-order valence-electron chi connectivity index (χ2n) is 8.48. The lowest BCUT2D eigenvalue weighted by molar-refractivity contribution is 0.574. The molecule has 0 saturated heterocycles. The molecule has 0 amide bonds. The van der Waals surface area contributed by atoms with E-state index in [1.165, 1.54) is 57.3 Å². The van der Waals surface area contributed by atoms with E-state index in [1.807, 2.05) is 0 Å². The molecule has 2 aromatic rings. The van der Waals surface area contributed by atoms with Gasteiger partial charge in [0.15, 0.2) is 0 Å². The Morgan fingerprint density at radius 1 is 0.808 bits per heavy atom. The lowest BCUT2D eigenvalue weighted by Crippen LogP contribution is -2.31. The molecule has 0 saturated carbocycles. The minimum absolute atomic E-state index is 0.205. The maximum absolute atomic E-state index is 2.53. The van der Waals surface area contributed by atoms with Crippen molar-refractivity contribution in [3.8, 4) is 0 Å². The van der Waals surface area contributed by atoms with Gasteiger partial charge in [-0.2, -0.15) is 0 Å². The largest absolute Gasteiger partial charge is 0.0616 e. The van der Waals surface area contributed by atoms with Crippen LogP contribution in [0.2, 0.25) is 0 Å². The highest BCUT2D eigenvalue weighted by atomic mass is 127. The number of fused-ring (bicyclic) bond motifs is 3. The van der Waals surface area contributed by atoms with Crippen molar-refractivity contribution in [1.29, 1.82) is 0 Å². The Morgan fingerprint density at radius 2 is 1.58 bits per heavy atom. The van der Waals surface area contributed by atoms with Gasteiger partial charge in [-0.05, 0) is 109 Å². The molecule has 132 valence electrons. The molecule has 0 radical (unpaired) electrons. The molecule has 0 bridgehead atoms. The first-order valence-electron chi connectivity index (χ1n) is 9.92. The van der Waals surface area contributed by atoms with Gasteiger partial charge in [-0.3, -0.25) is 0 Å². The van der Waals surface area contributed by atoms with Crippen molar-refractivity contribution in [3.63, 3.8) is 0 Å². The molecular formula is C25H25I. The molecule has 0 fully saturated rings. The molecule has 0 atom stereocenters. The number of rotatable bonds is 1. The van der Waals surface area contributed by atoms with Gasteiger partial charge in [0.05, 0.1) is 0 Å². The highest BCUT2D eigenvalue weighted by Crippen LogP contribution is 2.52. The number of allylic oxidation sites excluding steroid dienone is 2. The van der Waals surface area contributed by atoms with E-state index in [1.54, 1.807) is 22.3 Å². The topological polar surface area (TPSA) is 0 Å². The molecule has 0 aromatic heterocycles. The van der Waals surface area contributed by atoms with Crippen LogP contribution in [-0.2, 0) is 5.41 Å². The van der Waals surface area contributed by atoms with Crippen molar-refractivity contribution in [3.05, 3.63) is 75.2 Å². The van der Waals surface area contributed by atoms with Crippen molar-refractivity contribution < 1.29 is 0 Å². The Hall–Kier alpha value is -1.35. The van der Waals surface area contributed by atoms with Crippen LogP contribution in [0.1, 0.15) is 69.1 Å². The summed E-state index contributed by atoms with van der Waals surface area (Å²) in [5, 5.41) is 2.88. The zero-order valence-electron chi connectivity index (χ0n) is 15.7. The summed E-state index contributed by atoms with van der Waals surface area (Å²) in [6.07, 6.45) is 7.61. The van der Waals surface area contributed by atoms with Crippen molar-refractivity contribution >= 4 is 37.3 Å². The van der Waals surface area contributed by atoms with Crippen molar-refractivity contribution in [1.82, 2.24) is 0 Å². The fourth-order valence-corrected chi connectivity index (χ4v) is 6.09. The highest BCUT2D eigenvalue weighted by Gasteiger charge is 2.38. The first-order chi connectivity index (χ1) is 12.6. The molecule has 0 heterocycles. The molecular weight excluding hydrogens is 427 g/mol. The number of benzene rings is 2. The minimum atomic E-state index is 0.205. The molecule has 0 nitrogen and oxygen atoms in total. The summed E-state index contributed by atoms with van der Waals surface area (Å²) in [7, 11) is 0. The van der Waals surface area contributed by atoms with Gasteiger partial charge in [-0.1, -0.05) is 55.8 Å². The van der Waals surface area contributed by atoms with Crippen LogP contribution in [0, 0.1) is 0 Å². The Balaban J connectivity index is 1.73. The first-order valence-corrected chi connectivity index (χ1v) is 11.0. The summed E-state index contributed by atoms with van der Waals surface area (Å²) >= 11 is 2.53. The van der Waals surface area contributed by atoms with Crippen LogP contribution in [0.25, 0.3) is 14.7 Å². The maximum Gasteiger partial charge on any atom is 0.0117 e. The summed E-state index contributed by atoms with van der Waals surface area (Å²) in [5.41, 5.74) is 9.66. The standard InChI is InChI=1S/C25H25I/c1-25(2)22-10-6-5-8-19(22)20-12-11-16(15-23(20)25)17-13-14-24(26)21-9-4-3-7-18(17)21/h3-4,7,9,11-12,15H,5-6,8,10,13-14H2,1-2H3. The van der Waals surface area contributed by atoms with Crippen LogP contribution in [0.15, 0.2) is 48.0 Å². The number of hydrogen-bond acceptors (Lipinski definition) is 0. The molecule has 0 spiro atoms. The van der Waals surface area contributed by atoms with Gasteiger partial charge in [-0.25, -0.2) is 0 Å². The lowest BCUT2D eigenvalue weighted by Gasteiger charge is -2.27. The molecule has 3 aliphatic carbocycles. The van der Waals surface area contributed by atoms with Gasteiger partial charge in [-0.15, -0.1) is 0 Å². The summed E-state index contributed by atoms with van der Waals surface area (Å²) in [4.78, 5) is 0. The Labute approximate surface area is 169 Å². The molecule has 0 unspecified atom stereocenters. The van der Waals surface area contributed by atoms with E-state index in [4.69, 9.17) is 0 Å². The molecule has 1 heteroatoms. The van der Waals surface area contributed by atoms with Crippen LogP contribution in [0.3, 0.4) is 0 Å². The molecule has 2 aromatic carbocycles. The third kappa shape index (κ3) is 2.39. The zero-order valence-corrected chi connectivity index (χ0v) is 17.8. The molecule has 3 aliphatic rings. The SMILES string of the molecule is CC1(C)C2=C(CCCC2)c2ccc(C3=c4ccccc4=C(I)CC3)cc21. The van der Waals surface area contributed by atoms with E-state index in [0.29, 0.717) is 0 Å². The smallest absolute Gasteiger partial charge is 0.0117 e. The average molecular weight is 452 g/mol. The summed E-state index contributed by atoms with van der Waals surface area (Å²) < 4.78 is 1.50. The third-order valence-corrected chi connectivity index (χ3v) is 7.85. The molecule has 26 heavy (non-hydrogen) atoms. The quantitative estimate of drug-likeness (QED) is 0.477. The molecule has 5 rings (SSSR count). The second-order valence-corrected chi connectivity index (χ2v) is 9.78. The normalized spacial score (nSPS) is 20.7. The lowest BCUT2D eigenvalue weighted by atomic mass is 9.77. The van der Waals surface area contributed by atoms with E-state index < -0.39 is 0 Å². The van der Waals surface area contributed by atoms with Crippen LogP contribution < -0.4 is 10.4 Å². The van der Waals surface area contributed by atoms with E-state index in [2.05, 4.69) is 78.9 Å². The fraction of sp³-hybridized carbons (Fsp3) is 0.360. The summed E-state index contributed by atoms with van der Waals surface area (Å²) in [5.74, 6) is 0. The van der Waals surface area contributed by atoms with Crippen molar-refractivity contribution in [2.24, 2.45) is 0 Å². The van der Waals surface area contributed by atoms with Gasteiger partial charge in [0.2, 0.25) is 0 Å². The number of hydrogen-bond donors (Lipinski definition) is 0. The minimum Gasteiger partial charge on any atom is -0.0616 e. The van der Waals surface area contributed by atoms with E-state index in [-0.39, 0.29) is 5.41 Å². The van der Waals surface area contributed by atoms with E-state index in [9.17, 15) is 0 Å². The predicted molar refractivity (Wildman–Crippen MR) is 120 cm³/mol. The zero-order chi connectivity index (χ0) is 17.9. The summed E-state index contributed by atoms with van der Waals surface area (Å²) in [6, 6.07) is 16.3. The third-order valence-electron chi connectivity index (χ3n) is 6.73. The van der Waals surface area contributed by atoms with E-state index >= 15 is 0 Å². The Kier molecular flexibility index (Phi) is 3.93. The second kappa shape index (κ2) is 6.09. The Morgan fingerprint density at radius 3 is 2.42 bits per heavy atom. The van der Waals surface area contributed by atoms with Gasteiger partial charge in [0, 0.05) is 5.41 Å². The van der Waals surface area contributed by atoms with Gasteiger partial charge < -0.3 is 0 Å². The fourth-order valence-electron chi connectivity index (χ4n) is 5.35. The van der Waals surface area contributed by atoms with Crippen LogP contribution >= 0.6 is 22.6 Å². The summed E-state index contributed by atoms with van der Waals surface area (Å²) in [6.45, 7) is 4.89. The van der Waals surface area contributed by atoms with E-state index in [0.717, 1.165) is 6.42 Å². The molecule has 0 aliphatic heterocycles. The van der Waals surface area contributed by atoms with Gasteiger partial charge >= 0.3 is 0 Å².